The van der Waals surface area contributed by atoms with Gasteiger partial charge in [0.15, 0.2) is 0 Å². The van der Waals surface area contributed by atoms with Crippen molar-refractivity contribution in [2.75, 3.05) is 18.0 Å². The number of aliphatic imine (C=N–C) groups is 1. The highest BCUT2D eigenvalue weighted by atomic mass is 15.1. The van der Waals surface area contributed by atoms with E-state index in [1.54, 1.807) is 0 Å². The van der Waals surface area contributed by atoms with Crippen molar-refractivity contribution in [1.82, 2.24) is 0 Å². The molecule has 0 unspecified atom stereocenters. The van der Waals surface area contributed by atoms with E-state index in [2.05, 4.69) is 67.1 Å². The number of aryl methyl sites for hydroxylation is 3. The lowest BCUT2D eigenvalue weighted by atomic mass is 10.1. The van der Waals surface area contributed by atoms with Gasteiger partial charge in [0, 0.05) is 25.0 Å². The van der Waals surface area contributed by atoms with Crippen LogP contribution in [0.2, 0.25) is 0 Å². The molecule has 0 N–H and O–H groups in total. The van der Waals surface area contributed by atoms with Crippen LogP contribution in [0.1, 0.15) is 35.1 Å². The van der Waals surface area contributed by atoms with Crippen LogP contribution in [0.3, 0.4) is 0 Å². The van der Waals surface area contributed by atoms with Crippen LogP contribution < -0.4 is 4.90 Å². The summed E-state index contributed by atoms with van der Waals surface area (Å²) in [5.41, 5.74) is 7.43. The summed E-state index contributed by atoms with van der Waals surface area (Å²) in [6.07, 6.45) is 4.60. The Morgan fingerprint density at radius 1 is 0.909 bits per heavy atom. The Kier molecular flexibility index (Phi) is 4.28. The molecule has 0 aromatic heterocycles. The van der Waals surface area contributed by atoms with Gasteiger partial charge in [-0.2, -0.15) is 0 Å². The van der Waals surface area contributed by atoms with Crippen LogP contribution in [-0.2, 0) is 0 Å². The normalized spacial score (nSPS) is 15.0. The third kappa shape index (κ3) is 3.22. The largest absolute Gasteiger partial charge is 0.371 e. The van der Waals surface area contributed by atoms with E-state index in [0.717, 1.165) is 5.69 Å². The summed E-state index contributed by atoms with van der Waals surface area (Å²) in [4.78, 5) is 7.13. The summed E-state index contributed by atoms with van der Waals surface area (Å²) >= 11 is 0. The third-order valence-corrected chi connectivity index (χ3v) is 4.37. The van der Waals surface area contributed by atoms with Crippen molar-refractivity contribution in [3.05, 3.63) is 58.7 Å². The summed E-state index contributed by atoms with van der Waals surface area (Å²) in [5.74, 6) is 0. The van der Waals surface area contributed by atoms with E-state index in [4.69, 9.17) is 0 Å². The van der Waals surface area contributed by atoms with E-state index < -0.39 is 0 Å². The molecule has 114 valence electrons. The van der Waals surface area contributed by atoms with E-state index in [0.29, 0.717) is 0 Å². The third-order valence-electron chi connectivity index (χ3n) is 4.37. The molecule has 0 amide bonds. The van der Waals surface area contributed by atoms with E-state index in [9.17, 15) is 0 Å². The van der Waals surface area contributed by atoms with Crippen molar-refractivity contribution >= 4 is 17.6 Å². The van der Waals surface area contributed by atoms with Crippen LogP contribution in [0.5, 0.6) is 0 Å². The molecule has 3 rings (SSSR count). The number of anilines is 1. The first-order chi connectivity index (χ1) is 10.6. The molecule has 2 nitrogen and oxygen atoms in total. The molecule has 0 saturated carbocycles. The molecule has 0 atom stereocenters. The second-order valence-electron chi connectivity index (χ2n) is 6.29. The van der Waals surface area contributed by atoms with E-state index >= 15 is 0 Å². The van der Waals surface area contributed by atoms with E-state index in [1.165, 1.54) is 53.9 Å². The molecule has 0 aliphatic carbocycles. The highest BCUT2D eigenvalue weighted by Gasteiger charge is 2.13. The minimum Gasteiger partial charge on any atom is -0.371 e. The molecular weight excluding hydrogens is 268 g/mol. The molecule has 1 heterocycles. The first kappa shape index (κ1) is 14.8. The summed E-state index contributed by atoms with van der Waals surface area (Å²) in [6.45, 7) is 8.80. The van der Waals surface area contributed by atoms with Gasteiger partial charge in [0.1, 0.15) is 0 Å². The minimum atomic E-state index is 1.05. The number of rotatable bonds is 3. The predicted octanol–water partition coefficient (Wildman–Crippen LogP) is 4.96. The average molecular weight is 292 g/mol. The molecule has 1 fully saturated rings. The fourth-order valence-corrected chi connectivity index (χ4v) is 3.17. The smallest absolute Gasteiger partial charge is 0.0659 e. The monoisotopic (exact) mass is 292 g/mol. The van der Waals surface area contributed by atoms with Gasteiger partial charge in [0.05, 0.1) is 5.69 Å². The Morgan fingerprint density at radius 3 is 2.36 bits per heavy atom. The molecule has 2 aromatic carbocycles. The summed E-state index contributed by atoms with van der Waals surface area (Å²) in [5, 5.41) is 0. The molecule has 2 aromatic rings. The van der Waals surface area contributed by atoms with Crippen molar-refractivity contribution in [3.63, 3.8) is 0 Å². The zero-order valence-corrected chi connectivity index (χ0v) is 13.8. The Hall–Kier alpha value is -2.09. The van der Waals surface area contributed by atoms with E-state index in [-0.39, 0.29) is 0 Å². The van der Waals surface area contributed by atoms with Crippen LogP contribution in [-0.4, -0.2) is 19.3 Å². The van der Waals surface area contributed by atoms with Gasteiger partial charge >= 0.3 is 0 Å². The molecule has 0 radical (unpaired) electrons. The van der Waals surface area contributed by atoms with Crippen molar-refractivity contribution in [2.24, 2.45) is 4.99 Å². The summed E-state index contributed by atoms with van der Waals surface area (Å²) in [7, 11) is 0. The van der Waals surface area contributed by atoms with Crippen molar-refractivity contribution in [3.8, 4) is 0 Å². The predicted molar refractivity (Wildman–Crippen MR) is 95.8 cm³/mol. The second kappa shape index (κ2) is 6.35. The van der Waals surface area contributed by atoms with Crippen LogP contribution in [0.25, 0.3) is 0 Å². The minimum absolute atomic E-state index is 1.05. The molecular formula is C20H24N2. The summed E-state index contributed by atoms with van der Waals surface area (Å²) in [6, 6.07) is 13.0. The first-order valence-corrected chi connectivity index (χ1v) is 8.10. The fourth-order valence-electron chi connectivity index (χ4n) is 3.17. The maximum Gasteiger partial charge on any atom is 0.0659 e. The van der Waals surface area contributed by atoms with Gasteiger partial charge in [-0.1, -0.05) is 23.8 Å². The Labute approximate surface area is 133 Å². The topological polar surface area (TPSA) is 15.6 Å². The number of nitrogens with zero attached hydrogens (tertiary/aromatic N) is 2. The lowest BCUT2D eigenvalue weighted by Crippen LogP contribution is -2.18. The zero-order valence-electron chi connectivity index (χ0n) is 13.8. The fraction of sp³-hybridized carbons (Fsp3) is 0.350. The Morgan fingerprint density at radius 2 is 1.68 bits per heavy atom. The molecule has 2 heteroatoms. The van der Waals surface area contributed by atoms with Crippen LogP contribution >= 0.6 is 0 Å². The highest BCUT2D eigenvalue weighted by molar-refractivity contribution is 5.83. The summed E-state index contributed by atoms with van der Waals surface area (Å²) < 4.78 is 0. The van der Waals surface area contributed by atoms with Crippen molar-refractivity contribution in [2.45, 2.75) is 33.6 Å². The SMILES string of the molecule is Cc1ccc(N=Cc2ccc(N3CCCC3)c(C)c2)c(C)c1. The Balaban J connectivity index is 1.80. The lowest BCUT2D eigenvalue weighted by molar-refractivity contribution is 0.949. The van der Waals surface area contributed by atoms with Crippen LogP contribution in [0.4, 0.5) is 11.4 Å². The van der Waals surface area contributed by atoms with E-state index in [1.807, 2.05) is 6.21 Å². The number of benzene rings is 2. The standard InChI is InChI=1S/C20H24N2/c1-15-6-8-19(16(2)12-15)21-14-18-7-9-20(17(3)13-18)22-10-4-5-11-22/h6-9,12-14H,4-5,10-11H2,1-3H3. The maximum absolute atomic E-state index is 4.65. The zero-order chi connectivity index (χ0) is 15.5. The molecule has 0 bridgehead atoms. The van der Waals surface area contributed by atoms with Gasteiger partial charge in [-0.25, -0.2) is 0 Å². The quantitative estimate of drug-likeness (QED) is 0.730. The Bertz CT molecular complexity index is 695. The maximum atomic E-state index is 4.65. The van der Waals surface area contributed by atoms with Crippen LogP contribution in [0.15, 0.2) is 41.4 Å². The van der Waals surface area contributed by atoms with Gasteiger partial charge in [0.25, 0.3) is 0 Å². The molecule has 1 aliphatic rings. The van der Waals surface area contributed by atoms with Gasteiger partial charge in [0.2, 0.25) is 0 Å². The first-order valence-electron chi connectivity index (χ1n) is 8.10. The van der Waals surface area contributed by atoms with Crippen molar-refractivity contribution in [1.29, 1.82) is 0 Å². The van der Waals surface area contributed by atoms with Crippen LogP contribution in [0, 0.1) is 20.8 Å². The molecule has 1 aliphatic heterocycles. The highest BCUT2D eigenvalue weighted by Crippen LogP contribution is 2.25. The van der Waals surface area contributed by atoms with Crippen molar-refractivity contribution < 1.29 is 0 Å². The lowest BCUT2D eigenvalue weighted by Gasteiger charge is -2.20. The second-order valence-corrected chi connectivity index (χ2v) is 6.29. The van der Waals surface area contributed by atoms with Gasteiger partial charge in [-0.05, 0) is 68.5 Å². The van der Waals surface area contributed by atoms with Gasteiger partial charge < -0.3 is 4.90 Å². The molecule has 22 heavy (non-hydrogen) atoms. The number of hydrogen-bond acceptors (Lipinski definition) is 2. The number of hydrogen-bond donors (Lipinski definition) is 0. The van der Waals surface area contributed by atoms with Gasteiger partial charge in [-0.3, -0.25) is 4.99 Å². The molecule has 1 saturated heterocycles. The molecule has 0 spiro atoms. The average Bonchev–Trinajstić information content (AvgIpc) is 3.00. The van der Waals surface area contributed by atoms with Gasteiger partial charge in [-0.15, -0.1) is 0 Å².